The minimum absolute atomic E-state index is 0.0110. The highest BCUT2D eigenvalue weighted by Crippen LogP contribution is 2.35. The third-order valence-corrected chi connectivity index (χ3v) is 6.04. The van der Waals surface area contributed by atoms with Crippen molar-refractivity contribution in [3.05, 3.63) is 21.9 Å². The van der Waals surface area contributed by atoms with E-state index >= 15 is 0 Å². The average molecular weight is 398 g/mol. The second-order valence-electron chi connectivity index (χ2n) is 6.01. The van der Waals surface area contributed by atoms with E-state index in [1.165, 1.54) is 22.7 Å². The largest absolute Gasteiger partial charge is 0.462 e. The molecule has 2 rings (SSSR count). The first-order chi connectivity index (χ1) is 12.3. The van der Waals surface area contributed by atoms with Crippen molar-refractivity contribution in [1.29, 1.82) is 0 Å². The van der Waals surface area contributed by atoms with E-state index in [9.17, 15) is 14.4 Å². The number of carbonyl (C=O) groups excluding carboxylic acids is 3. The SMILES string of the molecule is CCOC(=O)c1sc2ccsc2c1CNC(=O)CNC(=O)[C@@H](N)C(C)C. The third kappa shape index (κ3) is 4.80. The van der Waals surface area contributed by atoms with Gasteiger partial charge < -0.3 is 21.1 Å². The maximum absolute atomic E-state index is 12.1. The molecule has 0 fully saturated rings. The molecule has 2 aromatic heterocycles. The number of nitrogens with one attached hydrogen (secondary N) is 2. The smallest absolute Gasteiger partial charge is 0.348 e. The topological polar surface area (TPSA) is 111 Å². The van der Waals surface area contributed by atoms with Crippen LogP contribution in [0.2, 0.25) is 0 Å². The summed E-state index contributed by atoms with van der Waals surface area (Å²) in [6, 6.07) is 1.28. The van der Waals surface area contributed by atoms with E-state index in [2.05, 4.69) is 10.6 Å². The maximum atomic E-state index is 12.1. The molecule has 0 aromatic carbocycles. The predicted octanol–water partition coefficient (Wildman–Crippen LogP) is 1.86. The average Bonchev–Trinajstić information content (AvgIpc) is 3.18. The summed E-state index contributed by atoms with van der Waals surface area (Å²) in [6.07, 6.45) is 0. The van der Waals surface area contributed by atoms with Crippen molar-refractivity contribution in [1.82, 2.24) is 10.6 Å². The van der Waals surface area contributed by atoms with Crippen molar-refractivity contribution < 1.29 is 19.1 Å². The number of thiophene rings is 2. The van der Waals surface area contributed by atoms with Crippen LogP contribution < -0.4 is 16.4 Å². The first-order valence-corrected chi connectivity index (χ1v) is 10.0. The molecule has 0 spiro atoms. The zero-order valence-corrected chi connectivity index (χ0v) is 16.6. The number of carbonyl (C=O) groups is 3. The summed E-state index contributed by atoms with van der Waals surface area (Å²) < 4.78 is 7.04. The van der Waals surface area contributed by atoms with E-state index in [4.69, 9.17) is 10.5 Å². The summed E-state index contributed by atoms with van der Waals surface area (Å²) in [5, 5.41) is 7.20. The highest BCUT2D eigenvalue weighted by molar-refractivity contribution is 7.28. The number of hydrogen-bond acceptors (Lipinski definition) is 7. The molecular formula is C17H23N3O4S2. The summed E-state index contributed by atoms with van der Waals surface area (Å²) in [6.45, 7) is 5.75. The van der Waals surface area contributed by atoms with Crippen LogP contribution in [0.4, 0.5) is 0 Å². The van der Waals surface area contributed by atoms with Crippen LogP contribution in [-0.2, 0) is 20.9 Å². The van der Waals surface area contributed by atoms with E-state index in [-0.39, 0.29) is 43.4 Å². The Morgan fingerprint density at radius 2 is 2.00 bits per heavy atom. The van der Waals surface area contributed by atoms with Crippen LogP contribution >= 0.6 is 22.7 Å². The Bertz CT molecular complexity index is 797. The number of nitrogens with two attached hydrogens (primary N) is 1. The second kappa shape index (κ2) is 9.11. The normalized spacial score (nSPS) is 12.2. The Kier molecular flexibility index (Phi) is 7.13. The Labute approximate surface area is 159 Å². The van der Waals surface area contributed by atoms with Gasteiger partial charge in [0.05, 0.1) is 23.9 Å². The molecule has 2 heterocycles. The lowest BCUT2D eigenvalue weighted by atomic mass is 10.1. The molecule has 7 nitrogen and oxygen atoms in total. The second-order valence-corrected chi connectivity index (χ2v) is 7.98. The molecule has 9 heteroatoms. The van der Waals surface area contributed by atoms with Crippen molar-refractivity contribution in [3.8, 4) is 0 Å². The van der Waals surface area contributed by atoms with E-state index < -0.39 is 6.04 Å². The van der Waals surface area contributed by atoms with Crippen molar-refractivity contribution in [2.45, 2.75) is 33.4 Å². The van der Waals surface area contributed by atoms with Gasteiger partial charge in [-0.05, 0) is 24.3 Å². The molecule has 0 aliphatic rings. The van der Waals surface area contributed by atoms with E-state index in [1.807, 2.05) is 25.3 Å². The van der Waals surface area contributed by atoms with E-state index in [1.54, 1.807) is 6.92 Å². The Morgan fingerprint density at radius 1 is 1.27 bits per heavy atom. The zero-order chi connectivity index (χ0) is 19.3. The lowest BCUT2D eigenvalue weighted by Gasteiger charge is -2.15. The zero-order valence-electron chi connectivity index (χ0n) is 15.0. The summed E-state index contributed by atoms with van der Waals surface area (Å²) in [5.41, 5.74) is 6.48. The molecule has 0 radical (unpaired) electrons. The van der Waals surface area contributed by atoms with Crippen molar-refractivity contribution in [3.63, 3.8) is 0 Å². The number of fused-ring (bicyclic) bond motifs is 1. The minimum Gasteiger partial charge on any atom is -0.462 e. The molecule has 0 saturated heterocycles. The fraction of sp³-hybridized carbons (Fsp3) is 0.471. The lowest BCUT2D eigenvalue weighted by Crippen LogP contribution is -2.47. The molecule has 0 saturated carbocycles. The highest BCUT2D eigenvalue weighted by atomic mass is 32.1. The van der Waals surface area contributed by atoms with Gasteiger partial charge >= 0.3 is 5.97 Å². The molecule has 4 N–H and O–H groups in total. The maximum Gasteiger partial charge on any atom is 0.348 e. The number of amides is 2. The van der Waals surface area contributed by atoms with Gasteiger partial charge in [-0.25, -0.2) is 4.79 Å². The van der Waals surface area contributed by atoms with Gasteiger partial charge in [-0.3, -0.25) is 9.59 Å². The van der Waals surface area contributed by atoms with E-state index in [0.717, 1.165) is 15.0 Å². The van der Waals surface area contributed by atoms with Crippen molar-refractivity contribution in [2.75, 3.05) is 13.2 Å². The third-order valence-electron chi connectivity index (χ3n) is 3.76. The first kappa shape index (κ1) is 20.3. The number of rotatable bonds is 8. The fourth-order valence-electron chi connectivity index (χ4n) is 2.23. The molecule has 0 aliphatic heterocycles. The van der Waals surface area contributed by atoms with Crippen LogP contribution in [-0.4, -0.2) is 37.0 Å². The van der Waals surface area contributed by atoms with Gasteiger partial charge in [0.15, 0.2) is 0 Å². The number of esters is 1. The van der Waals surface area contributed by atoms with Gasteiger partial charge in [0.1, 0.15) is 4.88 Å². The van der Waals surface area contributed by atoms with Gasteiger partial charge in [0.2, 0.25) is 11.8 Å². The molecule has 0 aliphatic carbocycles. The minimum atomic E-state index is -0.652. The van der Waals surface area contributed by atoms with Crippen LogP contribution in [0, 0.1) is 5.92 Å². The van der Waals surface area contributed by atoms with Gasteiger partial charge in [-0.2, -0.15) is 0 Å². The molecule has 0 bridgehead atoms. The molecule has 1 atom stereocenters. The fourth-order valence-corrected chi connectivity index (χ4v) is 4.50. The molecule has 0 unspecified atom stereocenters. The van der Waals surface area contributed by atoms with Crippen LogP contribution in [0.5, 0.6) is 0 Å². The van der Waals surface area contributed by atoms with Crippen LogP contribution in [0.25, 0.3) is 9.40 Å². The first-order valence-electron chi connectivity index (χ1n) is 8.31. The van der Waals surface area contributed by atoms with Gasteiger partial charge in [-0.1, -0.05) is 13.8 Å². The molecule has 26 heavy (non-hydrogen) atoms. The summed E-state index contributed by atoms with van der Waals surface area (Å²) >= 11 is 2.87. The van der Waals surface area contributed by atoms with Gasteiger partial charge in [-0.15, -0.1) is 22.7 Å². The Hall–Kier alpha value is -1.97. The summed E-state index contributed by atoms with van der Waals surface area (Å²) in [5.74, 6) is -1.11. The van der Waals surface area contributed by atoms with Crippen molar-refractivity contribution >= 4 is 49.9 Å². The van der Waals surface area contributed by atoms with Gasteiger partial charge in [0, 0.05) is 16.8 Å². The molecule has 142 valence electrons. The Balaban J connectivity index is 1.99. The quantitative estimate of drug-likeness (QED) is 0.589. The van der Waals surface area contributed by atoms with Crippen LogP contribution in [0.15, 0.2) is 11.4 Å². The molecule has 2 aromatic rings. The number of ether oxygens (including phenoxy) is 1. The van der Waals surface area contributed by atoms with E-state index in [0.29, 0.717) is 4.88 Å². The highest BCUT2D eigenvalue weighted by Gasteiger charge is 2.21. The summed E-state index contributed by atoms with van der Waals surface area (Å²) in [4.78, 5) is 36.5. The number of hydrogen-bond donors (Lipinski definition) is 3. The predicted molar refractivity (Wildman–Crippen MR) is 103 cm³/mol. The Morgan fingerprint density at radius 3 is 2.65 bits per heavy atom. The van der Waals surface area contributed by atoms with Gasteiger partial charge in [0.25, 0.3) is 0 Å². The van der Waals surface area contributed by atoms with Crippen molar-refractivity contribution in [2.24, 2.45) is 11.7 Å². The summed E-state index contributed by atoms with van der Waals surface area (Å²) in [7, 11) is 0. The monoisotopic (exact) mass is 397 g/mol. The standard InChI is InChI=1S/C17H23N3O4S2/c1-4-24-17(23)15-10(14-11(26-15)5-6-25-14)7-19-12(21)8-20-16(22)13(18)9(2)3/h5-6,9,13H,4,7-8,18H2,1-3H3,(H,19,21)(H,20,22)/t13-/m0/s1. The molecular weight excluding hydrogens is 374 g/mol. The van der Waals surface area contributed by atoms with Crippen LogP contribution in [0.1, 0.15) is 36.0 Å². The van der Waals surface area contributed by atoms with Crippen LogP contribution in [0.3, 0.4) is 0 Å². The molecule has 2 amide bonds. The lowest BCUT2D eigenvalue weighted by molar-refractivity contribution is -0.127.